The molecule has 3 nitrogen and oxygen atoms in total. The van der Waals surface area contributed by atoms with E-state index in [1.165, 1.54) is 9.79 Å². The summed E-state index contributed by atoms with van der Waals surface area (Å²) in [5.41, 5.74) is 6.62. The average Bonchev–Trinajstić information content (AvgIpc) is 2.74. The zero-order valence-corrected chi connectivity index (χ0v) is 16.0. The van der Waals surface area contributed by atoms with Crippen molar-refractivity contribution in [1.29, 1.82) is 0 Å². The summed E-state index contributed by atoms with van der Waals surface area (Å²) < 4.78 is 0. The number of rotatable bonds is 4. The lowest BCUT2D eigenvalue weighted by Crippen LogP contribution is -2.01. The molecule has 0 radical (unpaired) electrons. The largest absolute Gasteiger partial charge is 0.355 e. The zero-order chi connectivity index (χ0) is 18.8. The van der Waals surface area contributed by atoms with Gasteiger partial charge in [0.2, 0.25) is 0 Å². The Morgan fingerprint density at radius 1 is 0.500 bits per heavy atom. The Morgan fingerprint density at radius 3 is 1.43 bits per heavy atom. The van der Waals surface area contributed by atoms with E-state index < -0.39 is 0 Å². The highest BCUT2D eigenvalue weighted by Gasteiger charge is 2.16. The van der Waals surface area contributed by atoms with Crippen molar-refractivity contribution in [2.75, 3.05) is 16.0 Å². The SMILES string of the molecule is c1ccc(Nc2ccc3c(c2)Sc2cc(Nc4ccccc4)ccc2N3)cc1. The number of benzene rings is 4. The van der Waals surface area contributed by atoms with Crippen LogP contribution in [0.1, 0.15) is 0 Å². The van der Waals surface area contributed by atoms with Gasteiger partial charge < -0.3 is 16.0 Å². The Balaban J connectivity index is 1.39. The highest BCUT2D eigenvalue weighted by atomic mass is 32.2. The van der Waals surface area contributed by atoms with Crippen molar-refractivity contribution in [2.45, 2.75) is 9.79 Å². The van der Waals surface area contributed by atoms with Gasteiger partial charge in [-0.15, -0.1) is 0 Å². The van der Waals surface area contributed by atoms with Crippen LogP contribution in [-0.4, -0.2) is 0 Å². The Morgan fingerprint density at radius 2 is 0.964 bits per heavy atom. The minimum atomic E-state index is 1.08. The van der Waals surface area contributed by atoms with Gasteiger partial charge >= 0.3 is 0 Å². The quantitative estimate of drug-likeness (QED) is 0.303. The number of nitrogens with one attached hydrogen (secondary N) is 3. The highest BCUT2D eigenvalue weighted by molar-refractivity contribution is 7.99. The summed E-state index contributed by atoms with van der Waals surface area (Å²) in [7, 11) is 0. The standard InChI is InChI=1S/C24H19N3S/c1-3-7-17(8-4-1)25-19-11-13-21-23(15-19)28-24-16-20(12-14-22(24)27-21)26-18-9-5-2-6-10-18/h1-16,25-27H. The number of para-hydroxylation sites is 2. The van der Waals surface area contributed by atoms with Gasteiger partial charge in [0.15, 0.2) is 0 Å². The van der Waals surface area contributed by atoms with Crippen molar-refractivity contribution < 1.29 is 0 Å². The maximum atomic E-state index is 3.55. The number of hydrogen-bond acceptors (Lipinski definition) is 4. The van der Waals surface area contributed by atoms with Gasteiger partial charge in [-0.25, -0.2) is 0 Å². The first kappa shape index (κ1) is 16.8. The van der Waals surface area contributed by atoms with Gasteiger partial charge in [-0.3, -0.25) is 0 Å². The van der Waals surface area contributed by atoms with E-state index in [1.807, 2.05) is 36.4 Å². The third-order valence-electron chi connectivity index (χ3n) is 4.58. The molecule has 0 saturated carbocycles. The minimum Gasteiger partial charge on any atom is -0.355 e. The molecule has 1 heterocycles. The first-order chi connectivity index (χ1) is 13.8. The first-order valence-electron chi connectivity index (χ1n) is 9.21. The molecule has 0 atom stereocenters. The lowest BCUT2D eigenvalue weighted by molar-refractivity contribution is 1.31. The van der Waals surface area contributed by atoms with Gasteiger partial charge in [-0.1, -0.05) is 48.2 Å². The molecule has 5 rings (SSSR count). The molecule has 0 amide bonds. The van der Waals surface area contributed by atoms with E-state index >= 15 is 0 Å². The summed E-state index contributed by atoms with van der Waals surface area (Å²) in [5, 5.41) is 10.5. The van der Waals surface area contributed by atoms with Crippen LogP contribution >= 0.6 is 11.8 Å². The fraction of sp³-hybridized carbons (Fsp3) is 0. The van der Waals surface area contributed by atoms with E-state index in [-0.39, 0.29) is 0 Å². The van der Waals surface area contributed by atoms with E-state index in [2.05, 4.69) is 76.6 Å². The van der Waals surface area contributed by atoms with Crippen LogP contribution in [0.15, 0.2) is 107 Å². The topological polar surface area (TPSA) is 36.1 Å². The van der Waals surface area contributed by atoms with Crippen LogP contribution in [0.25, 0.3) is 0 Å². The second-order valence-corrected chi connectivity index (χ2v) is 7.71. The smallest absolute Gasteiger partial charge is 0.0527 e. The molecular formula is C24H19N3S. The number of fused-ring (bicyclic) bond motifs is 2. The fourth-order valence-corrected chi connectivity index (χ4v) is 4.28. The normalized spacial score (nSPS) is 11.7. The van der Waals surface area contributed by atoms with E-state index in [0.717, 1.165) is 34.1 Å². The lowest BCUT2D eigenvalue weighted by atomic mass is 10.2. The minimum absolute atomic E-state index is 1.08. The summed E-state index contributed by atoms with van der Waals surface area (Å²) >= 11 is 1.79. The molecule has 0 bridgehead atoms. The Labute approximate surface area is 168 Å². The van der Waals surface area contributed by atoms with Crippen LogP contribution in [-0.2, 0) is 0 Å². The summed E-state index contributed by atoms with van der Waals surface area (Å²) in [5.74, 6) is 0. The lowest BCUT2D eigenvalue weighted by Gasteiger charge is -2.22. The number of anilines is 6. The van der Waals surface area contributed by atoms with Crippen molar-refractivity contribution >= 4 is 45.9 Å². The fourth-order valence-electron chi connectivity index (χ4n) is 3.22. The molecule has 136 valence electrons. The van der Waals surface area contributed by atoms with E-state index in [9.17, 15) is 0 Å². The predicted molar refractivity (Wildman–Crippen MR) is 120 cm³/mol. The van der Waals surface area contributed by atoms with Crippen molar-refractivity contribution in [3.63, 3.8) is 0 Å². The van der Waals surface area contributed by atoms with Gasteiger partial charge in [-0.2, -0.15) is 0 Å². The van der Waals surface area contributed by atoms with Crippen molar-refractivity contribution in [3.8, 4) is 0 Å². The summed E-state index contributed by atoms with van der Waals surface area (Å²) in [4.78, 5) is 2.43. The Bertz CT molecular complexity index is 1020. The zero-order valence-electron chi connectivity index (χ0n) is 15.1. The van der Waals surface area contributed by atoms with Crippen LogP contribution in [0.5, 0.6) is 0 Å². The van der Waals surface area contributed by atoms with E-state index in [4.69, 9.17) is 0 Å². The van der Waals surface area contributed by atoms with Crippen molar-refractivity contribution in [2.24, 2.45) is 0 Å². The van der Waals surface area contributed by atoms with Gasteiger partial charge in [0.1, 0.15) is 0 Å². The average molecular weight is 382 g/mol. The molecule has 0 unspecified atom stereocenters. The van der Waals surface area contributed by atoms with Crippen LogP contribution in [0.4, 0.5) is 34.1 Å². The van der Waals surface area contributed by atoms with Crippen LogP contribution < -0.4 is 16.0 Å². The summed E-state index contributed by atoms with van der Waals surface area (Å²) in [6, 6.07) is 33.3. The van der Waals surface area contributed by atoms with Crippen LogP contribution in [0, 0.1) is 0 Å². The molecule has 0 aromatic heterocycles. The van der Waals surface area contributed by atoms with Gasteiger partial charge in [-0.05, 0) is 60.7 Å². The molecule has 0 aliphatic carbocycles. The Kier molecular flexibility index (Phi) is 4.39. The Hall–Kier alpha value is -3.37. The second kappa shape index (κ2) is 7.33. The molecular weight excluding hydrogens is 362 g/mol. The summed E-state index contributed by atoms with van der Waals surface area (Å²) in [6.45, 7) is 0. The molecule has 0 spiro atoms. The molecule has 0 fully saturated rings. The molecule has 0 saturated heterocycles. The van der Waals surface area contributed by atoms with Gasteiger partial charge in [0.25, 0.3) is 0 Å². The summed E-state index contributed by atoms with van der Waals surface area (Å²) in [6.07, 6.45) is 0. The van der Waals surface area contributed by atoms with Gasteiger partial charge in [0.05, 0.1) is 11.4 Å². The molecule has 4 aromatic rings. The first-order valence-corrected chi connectivity index (χ1v) is 10.0. The van der Waals surface area contributed by atoms with Gasteiger partial charge in [0, 0.05) is 32.5 Å². The maximum absolute atomic E-state index is 3.55. The van der Waals surface area contributed by atoms with Crippen molar-refractivity contribution in [1.82, 2.24) is 0 Å². The maximum Gasteiger partial charge on any atom is 0.0527 e. The molecule has 4 aromatic carbocycles. The molecule has 1 aliphatic rings. The number of hydrogen-bond donors (Lipinski definition) is 3. The highest BCUT2D eigenvalue weighted by Crippen LogP contribution is 2.46. The molecule has 3 N–H and O–H groups in total. The second-order valence-electron chi connectivity index (χ2n) is 6.63. The van der Waals surface area contributed by atoms with Crippen LogP contribution in [0.3, 0.4) is 0 Å². The van der Waals surface area contributed by atoms with Crippen molar-refractivity contribution in [3.05, 3.63) is 97.1 Å². The van der Waals surface area contributed by atoms with Crippen LogP contribution in [0.2, 0.25) is 0 Å². The van der Waals surface area contributed by atoms with E-state index in [0.29, 0.717) is 0 Å². The predicted octanol–water partition coefficient (Wildman–Crippen LogP) is 7.38. The monoisotopic (exact) mass is 381 g/mol. The van der Waals surface area contributed by atoms with E-state index in [1.54, 1.807) is 11.8 Å². The third-order valence-corrected chi connectivity index (χ3v) is 5.69. The molecule has 4 heteroatoms. The third kappa shape index (κ3) is 3.55. The molecule has 1 aliphatic heterocycles. The molecule has 28 heavy (non-hydrogen) atoms.